The molecular formula is C17H16ClIN2O3. The van der Waals surface area contributed by atoms with Crippen LogP contribution in [0.25, 0.3) is 0 Å². The number of nitrogens with one attached hydrogen (secondary N) is 2. The third-order valence-corrected chi connectivity index (χ3v) is 4.20. The number of ether oxygens (including phenoxy) is 1. The van der Waals surface area contributed by atoms with Crippen molar-refractivity contribution in [3.63, 3.8) is 0 Å². The summed E-state index contributed by atoms with van der Waals surface area (Å²) in [6.45, 7) is 0.824. The highest BCUT2D eigenvalue weighted by atomic mass is 127. The molecule has 0 heterocycles. The van der Waals surface area contributed by atoms with Crippen molar-refractivity contribution in [1.82, 2.24) is 5.32 Å². The molecule has 0 spiro atoms. The van der Waals surface area contributed by atoms with Crippen molar-refractivity contribution in [3.05, 3.63) is 62.2 Å². The highest BCUT2D eigenvalue weighted by Gasteiger charge is 2.12. The van der Waals surface area contributed by atoms with Gasteiger partial charge in [-0.05, 0) is 65.1 Å². The Morgan fingerprint density at radius 2 is 1.83 bits per heavy atom. The number of hydrogen-bond donors (Lipinski definition) is 2. The smallest absolute Gasteiger partial charge is 0.255 e. The minimum atomic E-state index is -0.285. The van der Waals surface area contributed by atoms with E-state index in [0.29, 0.717) is 30.0 Å². The molecule has 2 rings (SSSR count). The van der Waals surface area contributed by atoms with Gasteiger partial charge in [0, 0.05) is 28.5 Å². The zero-order valence-electron chi connectivity index (χ0n) is 12.9. The molecule has 0 bridgehead atoms. The Balaban J connectivity index is 2.05. The number of carbonyl (C=O) groups excluding carboxylic acids is 2. The number of hydrogen-bond acceptors (Lipinski definition) is 3. The molecule has 5 nitrogen and oxygen atoms in total. The zero-order chi connectivity index (χ0) is 17.5. The second kappa shape index (κ2) is 9.00. The van der Waals surface area contributed by atoms with E-state index < -0.39 is 0 Å². The van der Waals surface area contributed by atoms with E-state index in [1.807, 2.05) is 12.1 Å². The van der Waals surface area contributed by atoms with Crippen LogP contribution in [-0.2, 0) is 4.74 Å². The number of anilines is 1. The number of methoxy groups -OCH3 is 1. The molecule has 2 N–H and O–H groups in total. The molecule has 0 saturated carbocycles. The maximum absolute atomic E-state index is 12.2. The summed E-state index contributed by atoms with van der Waals surface area (Å²) in [7, 11) is 1.56. The molecule has 0 aliphatic carbocycles. The SMILES string of the molecule is COCCNC(=O)c1ccc(NC(=O)c2ccc(I)cc2)cc1Cl. The van der Waals surface area contributed by atoms with Gasteiger partial charge in [0.25, 0.3) is 11.8 Å². The first-order valence-corrected chi connectivity index (χ1v) is 8.60. The predicted molar refractivity (Wildman–Crippen MR) is 103 cm³/mol. The fourth-order valence-electron chi connectivity index (χ4n) is 1.94. The van der Waals surface area contributed by atoms with Crippen molar-refractivity contribution in [2.75, 3.05) is 25.6 Å². The lowest BCUT2D eigenvalue weighted by Gasteiger charge is -2.09. The standard InChI is InChI=1S/C17H16ClIN2O3/c1-24-9-8-20-17(23)14-7-6-13(10-15(14)18)21-16(22)11-2-4-12(19)5-3-11/h2-7,10H,8-9H2,1H3,(H,20,23)(H,21,22). The van der Waals surface area contributed by atoms with Crippen molar-refractivity contribution in [1.29, 1.82) is 0 Å². The minimum absolute atomic E-state index is 0.236. The van der Waals surface area contributed by atoms with Gasteiger partial charge in [0.05, 0.1) is 17.2 Å². The molecule has 2 amide bonds. The normalized spacial score (nSPS) is 10.3. The van der Waals surface area contributed by atoms with Gasteiger partial charge in [-0.3, -0.25) is 9.59 Å². The van der Waals surface area contributed by atoms with Crippen LogP contribution in [0.4, 0.5) is 5.69 Å². The van der Waals surface area contributed by atoms with Gasteiger partial charge >= 0.3 is 0 Å². The van der Waals surface area contributed by atoms with Crippen LogP contribution in [0.15, 0.2) is 42.5 Å². The van der Waals surface area contributed by atoms with Crippen LogP contribution in [0, 0.1) is 3.57 Å². The van der Waals surface area contributed by atoms with Crippen LogP contribution in [0.5, 0.6) is 0 Å². The summed E-state index contributed by atoms with van der Waals surface area (Å²) in [5.41, 5.74) is 1.42. The van der Waals surface area contributed by atoms with Gasteiger partial charge in [0.15, 0.2) is 0 Å². The fraction of sp³-hybridized carbons (Fsp3) is 0.176. The van der Waals surface area contributed by atoms with E-state index in [0.717, 1.165) is 3.57 Å². The molecule has 0 radical (unpaired) electrons. The number of rotatable bonds is 6. The van der Waals surface area contributed by atoms with E-state index in [2.05, 4.69) is 33.2 Å². The fourth-order valence-corrected chi connectivity index (χ4v) is 2.57. The maximum atomic E-state index is 12.2. The van der Waals surface area contributed by atoms with Crippen molar-refractivity contribution >= 4 is 51.7 Å². The van der Waals surface area contributed by atoms with Crippen molar-refractivity contribution in [2.24, 2.45) is 0 Å². The lowest BCUT2D eigenvalue weighted by molar-refractivity contribution is 0.0937. The average molecular weight is 459 g/mol. The van der Waals surface area contributed by atoms with Crippen LogP contribution in [0.3, 0.4) is 0 Å². The topological polar surface area (TPSA) is 67.4 Å². The molecule has 0 saturated heterocycles. The molecule has 0 atom stereocenters. The Morgan fingerprint density at radius 3 is 2.46 bits per heavy atom. The van der Waals surface area contributed by atoms with Gasteiger partial charge in [-0.2, -0.15) is 0 Å². The van der Waals surface area contributed by atoms with Crippen molar-refractivity contribution in [2.45, 2.75) is 0 Å². The molecule has 2 aromatic rings. The van der Waals surface area contributed by atoms with Gasteiger partial charge < -0.3 is 15.4 Å². The average Bonchev–Trinajstić information content (AvgIpc) is 2.55. The Hall–Kier alpha value is -1.64. The summed E-state index contributed by atoms with van der Waals surface area (Å²) in [5, 5.41) is 5.72. The van der Waals surface area contributed by atoms with E-state index >= 15 is 0 Å². The maximum Gasteiger partial charge on any atom is 0.255 e. The number of halogens is 2. The van der Waals surface area contributed by atoms with E-state index in [1.165, 1.54) is 0 Å². The number of benzene rings is 2. The molecule has 126 valence electrons. The van der Waals surface area contributed by atoms with Gasteiger partial charge in [0.2, 0.25) is 0 Å². The molecule has 0 unspecified atom stereocenters. The molecule has 0 fully saturated rings. The molecule has 2 aromatic carbocycles. The first kappa shape index (κ1) is 18.7. The Morgan fingerprint density at radius 1 is 1.12 bits per heavy atom. The molecular weight excluding hydrogens is 443 g/mol. The summed E-state index contributed by atoms with van der Waals surface area (Å²) < 4.78 is 5.93. The summed E-state index contributed by atoms with van der Waals surface area (Å²) >= 11 is 8.32. The third kappa shape index (κ3) is 5.19. The van der Waals surface area contributed by atoms with Crippen molar-refractivity contribution in [3.8, 4) is 0 Å². The Labute approximate surface area is 158 Å². The van der Waals surface area contributed by atoms with Crippen LogP contribution < -0.4 is 10.6 Å². The summed E-state index contributed by atoms with van der Waals surface area (Å²) in [6, 6.07) is 12.0. The van der Waals surface area contributed by atoms with Gasteiger partial charge in [-0.15, -0.1) is 0 Å². The molecule has 0 aromatic heterocycles. The summed E-state index contributed by atoms with van der Waals surface area (Å²) in [6.07, 6.45) is 0. The number of carbonyl (C=O) groups is 2. The number of amides is 2. The van der Waals surface area contributed by atoms with Gasteiger partial charge in [-0.1, -0.05) is 11.6 Å². The predicted octanol–water partition coefficient (Wildman–Crippen LogP) is 3.57. The van der Waals surface area contributed by atoms with Gasteiger partial charge in [-0.25, -0.2) is 0 Å². The Kier molecular flexibility index (Phi) is 7.01. The van der Waals surface area contributed by atoms with Crippen LogP contribution in [0.2, 0.25) is 5.02 Å². The van der Waals surface area contributed by atoms with Crippen LogP contribution >= 0.6 is 34.2 Å². The third-order valence-electron chi connectivity index (χ3n) is 3.17. The molecule has 0 aliphatic rings. The van der Waals surface area contributed by atoms with Gasteiger partial charge in [0.1, 0.15) is 0 Å². The molecule has 24 heavy (non-hydrogen) atoms. The van der Waals surface area contributed by atoms with Crippen LogP contribution in [-0.4, -0.2) is 32.1 Å². The van der Waals surface area contributed by atoms with Crippen LogP contribution in [0.1, 0.15) is 20.7 Å². The first-order valence-electron chi connectivity index (χ1n) is 7.15. The lowest BCUT2D eigenvalue weighted by Crippen LogP contribution is -2.27. The van der Waals surface area contributed by atoms with E-state index in [9.17, 15) is 9.59 Å². The Bertz CT molecular complexity index is 735. The van der Waals surface area contributed by atoms with E-state index in [4.69, 9.17) is 16.3 Å². The lowest BCUT2D eigenvalue weighted by atomic mass is 10.1. The monoisotopic (exact) mass is 458 g/mol. The summed E-state index contributed by atoms with van der Waals surface area (Å²) in [5.74, 6) is -0.521. The summed E-state index contributed by atoms with van der Waals surface area (Å²) in [4.78, 5) is 24.2. The van der Waals surface area contributed by atoms with E-state index in [-0.39, 0.29) is 16.8 Å². The highest BCUT2D eigenvalue weighted by Crippen LogP contribution is 2.21. The molecule has 7 heteroatoms. The largest absolute Gasteiger partial charge is 0.383 e. The van der Waals surface area contributed by atoms with E-state index in [1.54, 1.807) is 37.4 Å². The zero-order valence-corrected chi connectivity index (χ0v) is 15.8. The second-order valence-corrected chi connectivity index (χ2v) is 6.56. The molecule has 0 aliphatic heterocycles. The quantitative estimate of drug-likeness (QED) is 0.514. The van der Waals surface area contributed by atoms with Crippen molar-refractivity contribution < 1.29 is 14.3 Å². The first-order chi connectivity index (χ1) is 11.5. The minimum Gasteiger partial charge on any atom is -0.383 e. The highest BCUT2D eigenvalue weighted by molar-refractivity contribution is 14.1. The second-order valence-electron chi connectivity index (χ2n) is 4.90.